The number of carboxylic acids is 1. The Morgan fingerprint density at radius 1 is 1.48 bits per heavy atom. The van der Waals surface area contributed by atoms with Crippen LogP contribution in [0.25, 0.3) is 6.08 Å². The van der Waals surface area contributed by atoms with Crippen molar-refractivity contribution >= 4 is 18.1 Å². The molecule has 0 aliphatic heterocycles. The summed E-state index contributed by atoms with van der Waals surface area (Å²) >= 11 is 0. The second-order valence-corrected chi connectivity index (χ2v) is 5.55. The van der Waals surface area contributed by atoms with Crippen LogP contribution in [0.1, 0.15) is 48.1 Å². The van der Waals surface area contributed by atoms with Crippen molar-refractivity contribution in [1.29, 1.82) is 0 Å². The number of aromatic nitrogens is 1. The fourth-order valence-corrected chi connectivity index (χ4v) is 1.66. The number of amides is 1. The highest BCUT2D eigenvalue weighted by molar-refractivity contribution is 5.89. The van der Waals surface area contributed by atoms with E-state index in [0.29, 0.717) is 11.3 Å². The van der Waals surface area contributed by atoms with Crippen molar-refractivity contribution < 1.29 is 19.4 Å². The summed E-state index contributed by atoms with van der Waals surface area (Å²) in [7, 11) is 0. The monoisotopic (exact) mass is 292 g/mol. The zero-order valence-corrected chi connectivity index (χ0v) is 12.7. The molecule has 114 valence electrons. The fraction of sp³-hybridized carbons (Fsp3) is 0.400. The van der Waals surface area contributed by atoms with Crippen LogP contribution in [0.4, 0.5) is 4.79 Å². The molecular weight excluding hydrogens is 272 g/mol. The predicted molar refractivity (Wildman–Crippen MR) is 79.1 cm³/mol. The normalized spacial score (nSPS) is 10.9. The van der Waals surface area contributed by atoms with Crippen LogP contribution in [0, 0.1) is 6.92 Å². The Balaban J connectivity index is 2.94. The molecule has 0 aliphatic carbocycles. The number of ether oxygens (including phenoxy) is 1. The number of aromatic carboxylic acids is 1. The first-order chi connectivity index (χ1) is 9.64. The zero-order chi connectivity index (χ0) is 16.2. The smallest absolute Gasteiger partial charge is 0.407 e. The fourth-order valence-electron chi connectivity index (χ4n) is 1.66. The maximum Gasteiger partial charge on any atom is 0.407 e. The van der Waals surface area contributed by atoms with Crippen LogP contribution in [0.2, 0.25) is 0 Å². The van der Waals surface area contributed by atoms with Gasteiger partial charge >= 0.3 is 12.1 Å². The highest BCUT2D eigenvalue weighted by Gasteiger charge is 2.18. The Hall–Kier alpha value is -2.37. The van der Waals surface area contributed by atoms with E-state index in [1.54, 1.807) is 27.7 Å². The molecule has 0 aromatic carbocycles. The number of alkyl carbamates (subject to hydrolysis) is 1. The molecule has 6 heteroatoms. The first-order valence-corrected chi connectivity index (χ1v) is 6.47. The average Bonchev–Trinajstić information content (AvgIpc) is 2.34. The lowest BCUT2D eigenvalue weighted by Crippen LogP contribution is -2.32. The van der Waals surface area contributed by atoms with Gasteiger partial charge in [-0.05, 0) is 45.4 Å². The van der Waals surface area contributed by atoms with E-state index < -0.39 is 17.7 Å². The number of aryl methyl sites for hydroxylation is 1. The largest absolute Gasteiger partial charge is 0.478 e. The molecule has 0 saturated carbocycles. The number of hydrogen-bond acceptors (Lipinski definition) is 4. The Labute approximate surface area is 123 Å². The lowest BCUT2D eigenvalue weighted by atomic mass is 10.1. The van der Waals surface area contributed by atoms with Gasteiger partial charge in [-0.1, -0.05) is 6.58 Å². The Morgan fingerprint density at radius 2 is 2.10 bits per heavy atom. The van der Waals surface area contributed by atoms with E-state index in [4.69, 9.17) is 4.74 Å². The van der Waals surface area contributed by atoms with Crippen molar-refractivity contribution in [3.8, 4) is 0 Å². The lowest BCUT2D eigenvalue weighted by Gasteiger charge is -2.19. The minimum Gasteiger partial charge on any atom is -0.478 e. The molecule has 1 amide bonds. The summed E-state index contributed by atoms with van der Waals surface area (Å²) in [6, 6.07) is 1.51. The van der Waals surface area contributed by atoms with Crippen LogP contribution in [-0.2, 0) is 11.3 Å². The molecule has 1 heterocycles. The van der Waals surface area contributed by atoms with Crippen LogP contribution in [-0.4, -0.2) is 27.8 Å². The third-order valence-corrected chi connectivity index (χ3v) is 2.55. The van der Waals surface area contributed by atoms with Crippen molar-refractivity contribution in [3.05, 3.63) is 35.2 Å². The van der Waals surface area contributed by atoms with E-state index in [1.165, 1.54) is 12.1 Å². The van der Waals surface area contributed by atoms with Gasteiger partial charge in [0, 0.05) is 0 Å². The number of carbonyl (C=O) groups is 2. The van der Waals surface area contributed by atoms with E-state index in [9.17, 15) is 14.7 Å². The summed E-state index contributed by atoms with van der Waals surface area (Å²) in [6.07, 6.45) is 0.916. The molecule has 1 aromatic heterocycles. The molecular formula is C15H20N2O4. The molecule has 0 fully saturated rings. The summed E-state index contributed by atoms with van der Waals surface area (Å²) in [5, 5.41) is 11.7. The van der Waals surface area contributed by atoms with Gasteiger partial charge in [0.15, 0.2) is 0 Å². The lowest BCUT2D eigenvalue weighted by molar-refractivity contribution is 0.0520. The van der Waals surface area contributed by atoms with Gasteiger partial charge < -0.3 is 15.2 Å². The summed E-state index contributed by atoms with van der Waals surface area (Å²) in [5.41, 5.74) is 0.986. The highest BCUT2D eigenvalue weighted by Crippen LogP contribution is 2.14. The first kappa shape index (κ1) is 16.7. The zero-order valence-electron chi connectivity index (χ0n) is 12.7. The van der Waals surface area contributed by atoms with E-state index >= 15 is 0 Å². The number of rotatable bonds is 4. The molecule has 0 spiro atoms. The van der Waals surface area contributed by atoms with Crippen LogP contribution in [0.5, 0.6) is 0 Å². The van der Waals surface area contributed by atoms with Crippen LogP contribution >= 0.6 is 0 Å². The minimum atomic E-state index is -1.10. The van der Waals surface area contributed by atoms with Crippen molar-refractivity contribution in [2.45, 2.75) is 39.8 Å². The maximum atomic E-state index is 11.6. The molecule has 0 aliphatic rings. The van der Waals surface area contributed by atoms with Gasteiger partial charge in [0.05, 0.1) is 23.5 Å². The molecule has 0 unspecified atom stereocenters. The number of pyridine rings is 1. The van der Waals surface area contributed by atoms with Crippen LogP contribution < -0.4 is 5.32 Å². The second-order valence-electron chi connectivity index (χ2n) is 5.55. The second kappa shape index (κ2) is 6.39. The molecule has 1 rings (SSSR count). The van der Waals surface area contributed by atoms with E-state index in [-0.39, 0.29) is 17.8 Å². The predicted octanol–water partition coefficient (Wildman–Crippen LogP) is 2.76. The molecule has 2 N–H and O–H groups in total. The van der Waals surface area contributed by atoms with Gasteiger partial charge in [-0.25, -0.2) is 9.59 Å². The van der Waals surface area contributed by atoms with Crippen molar-refractivity contribution in [3.63, 3.8) is 0 Å². The van der Waals surface area contributed by atoms with Crippen LogP contribution in [0.15, 0.2) is 12.6 Å². The minimum absolute atomic E-state index is 0.0301. The molecule has 0 bridgehead atoms. The molecule has 6 nitrogen and oxygen atoms in total. The molecule has 21 heavy (non-hydrogen) atoms. The molecule has 1 aromatic rings. The van der Waals surface area contributed by atoms with Gasteiger partial charge in [0.25, 0.3) is 0 Å². The standard InChI is InChI=1S/C15H20N2O4/c1-6-11-9(2)7-10(13(18)19)12(17-11)8-16-14(20)21-15(3,4)5/h6-7H,1,8H2,2-5H3,(H,16,20)(H,18,19). The Kier molecular flexibility index (Phi) is 5.07. The summed E-state index contributed by atoms with van der Waals surface area (Å²) in [4.78, 5) is 27.1. The number of carbonyl (C=O) groups excluding carboxylic acids is 1. The van der Waals surface area contributed by atoms with Crippen molar-refractivity contribution in [2.75, 3.05) is 0 Å². The average molecular weight is 292 g/mol. The number of carboxylic acid groups (broad SMARTS) is 1. The SMILES string of the molecule is C=Cc1nc(CNC(=O)OC(C)(C)C)c(C(=O)O)cc1C. The molecule has 0 radical (unpaired) electrons. The first-order valence-electron chi connectivity index (χ1n) is 6.47. The Bertz CT molecular complexity index is 574. The number of nitrogens with zero attached hydrogens (tertiary/aromatic N) is 1. The topological polar surface area (TPSA) is 88.5 Å². The van der Waals surface area contributed by atoms with E-state index in [1.807, 2.05) is 0 Å². The summed E-state index contributed by atoms with van der Waals surface area (Å²) < 4.78 is 5.09. The number of nitrogens with one attached hydrogen (secondary N) is 1. The third-order valence-electron chi connectivity index (χ3n) is 2.55. The summed E-state index contributed by atoms with van der Waals surface area (Å²) in [6.45, 7) is 10.6. The highest BCUT2D eigenvalue weighted by atomic mass is 16.6. The molecule has 0 atom stereocenters. The quantitative estimate of drug-likeness (QED) is 0.890. The van der Waals surface area contributed by atoms with Gasteiger partial charge in [-0.2, -0.15) is 0 Å². The number of hydrogen-bond donors (Lipinski definition) is 2. The maximum absolute atomic E-state index is 11.6. The van der Waals surface area contributed by atoms with Crippen LogP contribution in [0.3, 0.4) is 0 Å². The van der Waals surface area contributed by atoms with Crippen molar-refractivity contribution in [2.24, 2.45) is 0 Å². The Morgan fingerprint density at radius 3 is 2.57 bits per heavy atom. The van der Waals surface area contributed by atoms with Gasteiger partial charge in [0.1, 0.15) is 5.60 Å². The van der Waals surface area contributed by atoms with Gasteiger partial charge in [0.2, 0.25) is 0 Å². The summed E-state index contributed by atoms with van der Waals surface area (Å²) in [5.74, 6) is -1.10. The van der Waals surface area contributed by atoms with Gasteiger partial charge in [-0.3, -0.25) is 4.98 Å². The van der Waals surface area contributed by atoms with E-state index in [2.05, 4.69) is 16.9 Å². The van der Waals surface area contributed by atoms with Gasteiger partial charge in [-0.15, -0.1) is 0 Å². The van der Waals surface area contributed by atoms with E-state index in [0.717, 1.165) is 0 Å². The van der Waals surface area contributed by atoms with Crippen molar-refractivity contribution in [1.82, 2.24) is 10.3 Å². The third kappa shape index (κ3) is 4.91. The molecule has 0 saturated heterocycles.